The minimum atomic E-state index is -0.102. The highest BCUT2D eigenvalue weighted by Gasteiger charge is 2.28. The Kier molecular flexibility index (Phi) is 4.12. The Bertz CT molecular complexity index is 356. The summed E-state index contributed by atoms with van der Waals surface area (Å²) in [6.07, 6.45) is 1.68. The highest BCUT2D eigenvalue weighted by molar-refractivity contribution is 5.49. The number of benzene rings is 1. The normalized spacial score (nSPS) is 24.6. The lowest BCUT2D eigenvalue weighted by atomic mass is 10.0. The van der Waals surface area contributed by atoms with Crippen molar-refractivity contribution in [2.24, 2.45) is 0 Å². The number of nitrogens with one attached hydrogen (secondary N) is 1. The van der Waals surface area contributed by atoms with Crippen LogP contribution in [-0.4, -0.2) is 48.2 Å². The fourth-order valence-electron chi connectivity index (χ4n) is 2.32. The van der Waals surface area contributed by atoms with E-state index in [-0.39, 0.29) is 18.7 Å². The summed E-state index contributed by atoms with van der Waals surface area (Å²) in [5, 5.41) is 12.5. The Morgan fingerprint density at radius 2 is 2.00 bits per heavy atom. The second-order valence-corrected chi connectivity index (χ2v) is 4.39. The maximum atomic E-state index is 11.1. The molecule has 1 aromatic rings. The number of aliphatic hydroxyl groups is 1. The zero-order valence-corrected chi connectivity index (χ0v) is 9.75. The highest BCUT2D eigenvalue weighted by Crippen LogP contribution is 2.13. The average Bonchev–Trinajstić information content (AvgIpc) is 2.39. The van der Waals surface area contributed by atoms with Gasteiger partial charge in [-0.15, -0.1) is 0 Å². The van der Waals surface area contributed by atoms with Crippen LogP contribution in [0.25, 0.3) is 0 Å². The van der Waals surface area contributed by atoms with Crippen LogP contribution in [0.2, 0.25) is 0 Å². The first kappa shape index (κ1) is 12.1. The Morgan fingerprint density at radius 3 is 2.65 bits per heavy atom. The lowest BCUT2D eigenvalue weighted by Crippen LogP contribution is -2.58. The molecule has 0 aliphatic carbocycles. The van der Waals surface area contributed by atoms with E-state index in [9.17, 15) is 9.90 Å². The van der Waals surface area contributed by atoms with Crippen LogP contribution in [0.4, 0.5) is 0 Å². The molecule has 4 heteroatoms. The quantitative estimate of drug-likeness (QED) is 0.722. The highest BCUT2D eigenvalue weighted by atomic mass is 16.3. The van der Waals surface area contributed by atoms with E-state index >= 15 is 0 Å². The van der Waals surface area contributed by atoms with Crippen LogP contribution in [0.5, 0.6) is 0 Å². The van der Waals surface area contributed by atoms with Crippen LogP contribution in [0.3, 0.4) is 0 Å². The van der Waals surface area contributed by atoms with Crippen molar-refractivity contribution in [1.29, 1.82) is 0 Å². The summed E-state index contributed by atoms with van der Waals surface area (Å²) >= 11 is 0. The van der Waals surface area contributed by atoms with Gasteiger partial charge in [0.15, 0.2) is 0 Å². The van der Waals surface area contributed by atoms with E-state index in [2.05, 4.69) is 17.4 Å². The van der Waals surface area contributed by atoms with E-state index in [0.717, 1.165) is 19.4 Å². The number of nitrogens with zero attached hydrogens (tertiary/aromatic N) is 1. The third-order valence-corrected chi connectivity index (χ3v) is 3.25. The molecule has 0 radical (unpaired) electrons. The topological polar surface area (TPSA) is 52.6 Å². The van der Waals surface area contributed by atoms with E-state index in [1.165, 1.54) is 5.56 Å². The number of piperazine rings is 1. The molecule has 4 nitrogen and oxygen atoms in total. The Morgan fingerprint density at radius 1 is 1.29 bits per heavy atom. The van der Waals surface area contributed by atoms with Crippen LogP contribution in [0, 0.1) is 0 Å². The third-order valence-electron chi connectivity index (χ3n) is 3.25. The summed E-state index contributed by atoms with van der Waals surface area (Å²) in [6, 6.07) is 10.1. The molecule has 1 aromatic carbocycles. The predicted molar refractivity (Wildman–Crippen MR) is 65.6 cm³/mol. The first-order valence-electron chi connectivity index (χ1n) is 5.93. The number of aliphatic hydroxyl groups excluding tert-OH is 1. The minimum absolute atomic E-state index is 0.0109. The summed E-state index contributed by atoms with van der Waals surface area (Å²) in [5.41, 5.74) is 1.21. The molecule has 2 rings (SSSR count). The molecule has 0 bridgehead atoms. The van der Waals surface area contributed by atoms with Crippen LogP contribution < -0.4 is 5.32 Å². The average molecular weight is 234 g/mol. The van der Waals surface area contributed by atoms with Gasteiger partial charge in [0.25, 0.3) is 0 Å². The Balaban J connectivity index is 2.06. The van der Waals surface area contributed by atoms with Gasteiger partial charge in [-0.2, -0.15) is 0 Å². The van der Waals surface area contributed by atoms with Gasteiger partial charge in [0, 0.05) is 19.1 Å². The van der Waals surface area contributed by atoms with Gasteiger partial charge in [0.2, 0.25) is 6.41 Å². The maximum absolute atomic E-state index is 11.1. The lowest BCUT2D eigenvalue weighted by Gasteiger charge is -2.39. The summed E-state index contributed by atoms with van der Waals surface area (Å²) < 4.78 is 0. The van der Waals surface area contributed by atoms with Gasteiger partial charge in [-0.25, -0.2) is 0 Å². The summed E-state index contributed by atoms with van der Waals surface area (Å²) in [5.74, 6) is 0. The zero-order valence-electron chi connectivity index (χ0n) is 9.75. The van der Waals surface area contributed by atoms with Crippen molar-refractivity contribution in [2.75, 3.05) is 19.7 Å². The van der Waals surface area contributed by atoms with Crippen molar-refractivity contribution in [1.82, 2.24) is 10.2 Å². The smallest absolute Gasteiger partial charge is 0.210 e. The molecule has 1 fully saturated rings. The fourth-order valence-corrected chi connectivity index (χ4v) is 2.32. The summed E-state index contributed by atoms with van der Waals surface area (Å²) in [7, 11) is 0. The van der Waals surface area contributed by atoms with Crippen molar-refractivity contribution >= 4 is 6.41 Å². The van der Waals surface area contributed by atoms with E-state index < -0.39 is 0 Å². The van der Waals surface area contributed by atoms with Crippen LogP contribution in [0.1, 0.15) is 5.56 Å². The number of hydrogen-bond donors (Lipinski definition) is 2. The third kappa shape index (κ3) is 2.84. The summed E-state index contributed by atoms with van der Waals surface area (Å²) in [4.78, 5) is 12.9. The molecule has 0 saturated carbocycles. The van der Waals surface area contributed by atoms with Crippen molar-refractivity contribution in [3.8, 4) is 0 Å². The molecule has 2 atom stereocenters. The molecular formula is C13H18N2O2. The van der Waals surface area contributed by atoms with Crippen LogP contribution >= 0.6 is 0 Å². The minimum Gasteiger partial charge on any atom is -0.394 e. The van der Waals surface area contributed by atoms with Gasteiger partial charge in [-0.05, 0) is 12.0 Å². The number of carbonyl (C=O) groups excluding carboxylic acids is 1. The first-order chi connectivity index (χ1) is 8.35. The van der Waals surface area contributed by atoms with Gasteiger partial charge in [0.05, 0.1) is 12.6 Å². The maximum Gasteiger partial charge on any atom is 0.210 e. The molecule has 1 amide bonds. The van der Waals surface area contributed by atoms with E-state index in [4.69, 9.17) is 0 Å². The SMILES string of the molecule is O=CN1C(Cc2ccccc2)CNC[C@H]1CO. The largest absolute Gasteiger partial charge is 0.394 e. The van der Waals surface area contributed by atoms with E-state index in [1.807, 2.05) is 18.2 Å². The molecule has 1 unspecified atom stereocenters. The van der Waals surface area contributed by atoms with Gasteiger partial charge < -0.3 is 15.3 Å². The van der Waals surface area contributed by atoms with Crippen molar-refractivity contribution in [2.45, 2.75) is 18.5 Å². The van der Waals surface area contributed by atoms with Gasteiger partial charge in [-0.3, -0.25) is 4.79 Å². The molecule has 1 aliphatic rings. The molecule has 1 aliphatic heterocycles. The van der Waals surface area contributed by atoms with Gasteiger partial charge in [-0.1, -0.05) is 30.3 Å². The second kappa shape index (κ2) is 5.80. The molecule has 92 valence electrons. The van der Waals surface area contributed by atoms with Gasteiger partial charge >= 0.3 is 0 Å². The Hall–Kier alpha value is -1.39. The zero-order chi connectivity index (χ0) is 12.1. The predicted octanol–water partition coefficient (Wildman–Crippen LogP) is 0.0202. The van der Waals surface area contributed by atoms with Crippen molar-refractivity contribution < 1.29 is 9.90 Å². The van der Waals surface area contributed by atoms with Crippen LogP contribution in [-0.2, 0) is 11.2 Å². The molecule has 2 N–H and O–H groups in total. The number of carbonyl (C=O) groups is 1. The first-order valence-corrected chi connectivity index (χ1v) is 5.93. The molecule has 1 heterocycles. The lowest BCUT2D eigenvalue weighted by molar-refractivity contribution is -0.124. The van der Waals surface area contributed by atoms with Crippen molar-refractivity contribution in [3.63, 3.8) is 0 Å². The monoisotopic (exact) mass is 234 g/mol. The number of hydrogen-bond acceptors (Lipinski definition) is 3. The number of amides is 1. The Labute approximate surface area is 101 Å². The fraction of sp³-hybridized carbons (Fsp3) is 0.462. The van der Waals surface area contributed by atoms with Crippen molar-refractivity contribution in [3.05, 3.63) is 35.9 Å². The molecule has 17 heavy (non-hydrogen) atoms. The number of rotatable bonds is 4. The molecular weight excluding hydrogens is 216 g/mol. The summed E-state index contributed by atoms with van der Waals surface area (Å²) in [6.45, 7) is 1.46. The molecule has 1 saturated heterocycles. The van der Waals surface area contributed by atoms with Crippen LogP contribution in [0.15, 0.2) is 30.3 Å². The second-order valence-electron chi connectivity index (χ2n) is 4.39. The van der Waals surface area contributed by atoms with Gasteiger partial charge in [0.1, 0.15) is 0 Å². The van der Waals surface area contributed by atoms with E-state index in [0.29, 0.717) is 6.54 Å². The standard InChI is InChI=1S/C13H18N2O2/c16-9-13-8-14-7-12(15(13)10-17)6-11-4-2-1-3-5-11/h1-5,10,12-14,16H,6-9H2/t12?,13-/m0/s1. The molecule has 0 aromatic heterocycles. The molecule has 0 spiro atoms. The van der Waals surface area contributed by atoms with E-state index in [1.54, 1.807) is 4.90 Å².